The van der Waals surface area contributed by atoms with E-state index in [1.54, 1.807) is 5.38 Å². The molecule has 2 aliphatic rings. The van der Waals surface area contributed by atoms with Gasteiger partial charge in [-0.05, 0) is 42.2 Å². The first-order valence-corrected chi connectivity index (χ1v) is 11.6. The molecule has 2 aliphatic heterocycles. The van der Waals surface area contributed by atoms with Crippen LogP contribution >= 0.6 is 11.3 Å². The molecule has 0 spiro atoms. The number of thiazole rings is 1. The maximum Gasteiger partial charge on any atom is 0.398 e. The zero-order valence-electron chi connectivity index (χ0n) is 17.3. The van der Waals surface area contributed by atoms with Crippen LogP contribution in [0.4, 0.5) is 24.7 Å². The van der Waals surface area contributed by atoms with Crippen molar-refractivity contribution in [3.63, 3.8) is 0 Å². The first-order valence-electron chi connectivity index (χ1n) is 10.7. The topological polar surface area (TPSA) is 67.3 Å². The molecule has 2 atom stereocenters. The number of alkyl halides is 3. The van der Waals surface area contributed by atoms with Gasteiger partial charge in [-0.3, -0.25) is 0 Å². The van der Waals surface area contributed by atoms with E-state index in [4.69, 9.17) is 4.74 Å². The molecule has 170 valence electrons. The zero-order chi connectivity index (χ0) is 22.1. The van der Waals surface area contributed by atoms with Crippen LogP contribution < -0.4 is 9.80 Å². The fraction of sp³-hybridized carbons (Fsp3) is 0.524. The predicted molar refractivity (Wildman–Crippen MR) is 116 cm³/mol. The molecule has 0 saturated carbocycles. The third kappa shape index (κ3) is 4.23. The Morgan fingerprint density at radius 3 is 2.69 bits per heavy atom. The number of fused-ring (bicyclic) bond motifs is 1. The number of hydrogen-bond acceptors (Lipinski definition) is 8. The molecule has 0 amide bonds. The third-order valence-corrected chi connectivity index (χ3v) is 7.05. The van der Waals surface area contributed by atoms with E-state index in [9.17, 15) is 13.2 Å². The Kier molecular flexibility index (Phi) is 5.85. The summed E-state index contributed by atoms with van der Waals surface area (Å²) >= 11 is 1.07. The number of aromatic nitrogens is 4. The van der Waals surface area contributed by atoms with E-state index in [1.165, 1.54) is 6.20 Å². The molecule has 4 heterocycles. The summed E-state index contributed by atoms with van der Waals surface area (Å²) in [6.07, 6.45) is -1.75. The van der Waals surface area contributed by atoms with Gasteiger partial charge in [-0.2, -0.15) is 13.2 Å². The van der Waals surface area contributed by atoms with Gasteiger partial charge in [0, 0.05) is 48.8 Å². The van der Waals surface area contributed by atoms with Crippen LogP contribution in [0.3, 0.4) is 0 Å². The van der Waals surface area contributed by atoms with Crippen molar-refractivity contribution in [1.29, 1.82) is 0 Å². The molecule has 0 bridgehead atoms. The molecule has 0 aliphatic carbocycles. The lowest BCUT2D eigenvalue weighted by atomic mass is 9.85. The maximum atomic E-state index is 14.0. The van der Waals surface area contributed by atoms with Crippen LogP contribution in [0, 0.1) is 5.92 Å². The second kappa shape index (κ2) is 8.78. The van der Waals surface area contributed by atoms with Crippen molar-refractivity contribution >= 4 is 33.7 Å². The number of morpholine rings is 1. The van der Waals surface area contributed by atoms with Gasteiger partial charge < -0.3 is 14.5 Å². The van der Waals surface area contributed by atoms with Crippen molar-refractivity contribution in [3.8, 4) is 0 Å². The molecule has 32 heavy (non-hydrogen) atoms. The van der Waals surface area contributed by atoms with Gasteiger partial charge in [0.05, 0.1) is 13.2 Å². The van der Waals surface area contributed by atoms with Gasteiger partial charge in [-0.15, -0.1) is 21.5 Å². The Balaban J connectivity index is 1.43. The monoisotopic (exact) mass is 464 g/mol. The Bertz CT molecular complexity index is 1060. The Labute approximate surface area is 187 Å². The van der Waals surface area contributed by atoms with Crippen LogP contribution in [0.2, 0.25) is 0 Å². The molecule has 3 aromatic rings. The normalized spacial score (nSPS) is 21.2. The van der Waals surface area contributed by atoms with Crippen LogP contribution in [0.1, 0.15) is 23.8 Å². The van der Waals surface area contributed by atoms with E-state index >= 15 is 0 Å². The number of piperidine rings is 1. The summed E-state index contributed by atoms with van der Waals surface area (Å²) in [6.45, 7) is 3.86. The Hall–Kier alpha value is -2.53. The molecule has 0 radical (unpaired) electrons. The lowest BCUT2D eigenvalue weighted by Gasteiger charge is -2.37. The molecule has 5 rings (SSSR count). The van der Waals surface area contributed by atoms with Crippen LogP contribution in [0.5, 0.6) is 0 Å². The number of rotatable bonds is 4. The van der Waals surface area contributed by atoms with E-state index in [0.717, 1.165) is 35.5 Å². The van der Waals surface area contributed by atoms with E-state index in [1.807, 2.05) is 23.1 Å². The number of nitrogens with zero attached hydrogens (tertiary/aromatic N) is 6. The highest BCUT2D eigenvalue weighted by Crippen LogP contribution is 2.45. The fourth-order valence-electron chi connectivity index (χ4n) is 4.68. The lowest BCUT2D eigenvalue weighted by molar-refractivity contribution is -0.163. The van der Waals surface area contributed by atoms with Gasteiger partial charge in [-0.1, -0.05) is 0 Å². The van der Waals surface area contributed by atoms with Crippen molar-refractivity contribution in [2.24, 2.45) is 5.92 Å². The number of anilines is 2. The average Bonchev–Trinajstić information content (AvgIpc) is 3.32. The highest BCUT2D eigenvalue weighted by Gasteiger charge is 2.48. The summed E-state index contributed by atoms with van der Waals surface area (Å²) in [5.74, 6) is -1.57. The molecule has 0 N–H and O–H groups in total. The number of halogens is 3. The molecule has 11 heteroatoms. The first kappa shape index (κ1) is 21.3. The quantitative estimate of drug-likeness (QED) is 0.581. The highest BCUT2D eigenvalue weighted by atomic mass is 32.1. The average molecular weight is 465 g/mol. The lowest BCUT2D eigenvalue weighted by Crippen LogP contribution is -2.42. The minimum atomic E-state index is -4.34. The van der Waals surface area contributed by atoms with Gasteiger partial charge in [0.25, 0.3) is 0 Å². The van der Waals surface area contributed by atoms with Crippen LogP contribution in [-0.4, -0.2) is 66.0 Å². The van der Waals surface area contributed by atoms with Crippen molar-refractivity contribution in [1.82, 2.24) is 20.4 Å². The molecular formula is C21H23F3N6OS. The van der Waals surface area contributed by atoms with Crippen molar-refractivity contribution < 1.29 is 17.9 Å². The van der Waals surface area contributed by atoms with Crippen molar-refractivity contribution in [2.75, 3.05) is 49.2 Å². The summed E-state index contributed by atoms with van der Waals surface area (Å²) in [6, 6.07) is 5.92. The number of hydrogen-bond donors (Lipinski definition) is 0. The molecule has 7 nitrogen and oxygen atoms in total. The number of benzene rings is 1. The Morgan fingerprint density at radius 2 is 1.94 bits per heavy atom. The van der Waals surface area contributed by atoms with Gasteiger partial charge in [-0.25, -0.2) is 4.98 Å². The summed E-state index contributed by atoms with van der Waals surface area (Å²) in [7, 11) is 0. The minimum absolute atomic E-state index is 0.130. The van der Waals surface area contributed by atoms with Crippen LogP contribution in [-0.2, 0) is 4.74 Å². The van der Waals surface area contributed by atoms with Crippen LogP contribution in [0.25, 0.3) is 10.9 Å². The first-order chi connectivity index (χ1) is 15.5. The highest BCUT2D eigenvalue weighted by molar-refractivity contribution is 7.09. The van der Waals surface area contributed by atoms with Gasteiger partial charge in [0.2, 0.25) is 0 Å². The SMILES string of the molecule is FC(F)(F)C(c1nccs1)C1CCCN(c2nnnc3cc(N4CCOCC4)ccc23)C1. The second-order valence-corrected chi connectivity index (χ2v) is 9.08. The van der Waals surface area contributed by atoms with E-state index in [2.05, 4.69) is 25.3 Å². The second-order valence-electron chi connectivity index (χ2n) is 8.15. The molecule has 2 saturated heterocycles. The summed E-state index contributed by atoms with van der Waals surface area (Å²) in [4.78, 5) is 8.14. The molecule has 2 fully saturated rings. The predicted octanol–water partition coefficient (Wildman–Crippen LogP) is 3.88. The van der Waals surface area contributed by atoms with Gasteiger partial charge in [0.15, 0.2) is 5.82 Å². The number of ether oxygens (including phenoxy) is 1. The van der Waals surface area contributed by atoms with Crippen molar-refractivity contribution in [3.05, 3.63) is 34.8 Å². The largest absolute Gasteiger partial charge is 0.398 e. The molecular weight excluding hydrogens is 441 g/mol. The summed E-state index contributed by atoms with van der Waals surface area (Å²) in [5.41, 5.74) is 1.72. The van der Waals surface area contributed by atoms with E-state index < -0.39 is 18.0 Å². The maximum absolute atomic E-state index is 14.0. The van der Waals surface area contributed by atoms with Gasteiger partial charge >= 0.3 is 6.18 Å². The molecule has 2 aromatic heterocycles. The summed E-state index contributed by atoms with van der Waals surface area (Å²) < 4.78 is 47.3. The van der Waals surface area contributed by atoms with Crippen LogP contribution in [0.15, 0.2) is 29.8 Å². The Morgan fingerprint density at radius 1 is 1.09 bits per heavy atom. The zero-order valence-corrected chi connectivity index (χ0v) is 18.1. The van der Waals surface area contributed by atoms with E-state index in [0.29, 0.717) is 43.9 Å². The molecule has 1 aromatic carbocycles. The van der Waals surface area contributed by atoms with Gasteiger partial charge in [0.1, 0.15) is 16.4 Å². The third-order valence-electron chi connectivity index (χ3n) is 6.19. The molecule has 2 unspecified atom stereocenters. The fourth-order valence-corrected chi connectivity index (χ4v) is 5.54. The van der Waals surface area contributed by atoms with Crippen molar-refractivity contribution in [2.45, 2.75) is 24.9 Å². The standard InChI is InChI=1S/C21H23F3N6OS/c22-21(23,24)18(20-25-5-11-32-20)14-2-1-6-30(13-14)19-16-4-3-15(12-17(16)26-28-27-19)29-7-9-31-10-8-29/h3-5,11-12,14,18H,1-2,6-10,13H2. The summed E-state index contributed by atoms with van der Waals surface area (Å²) in [5, 5.41) is 14.9. The smallest absolute Gasteiger partial charge is 0.378 e. The minimum Gasteiger partial charge on any atom is -0.378 e. The van der Waals surface area contributed by atoms with E-state index in [-0.39, 0.29) is 11.6 Å².